The molecule has 0 saturated heterocycles. The highest BCUT2D eigenvalue weighted by atomic mass is 35.5. The molecular formula is C16H16ClFN2O. The fourth-order valence-corrected chi connectivity index (χ4v) is 2.20. The molecule has 0 aliphatic carbocycles. The van der Waals surface area contributed by atoms with Gasteiger partial charge < -0.3 is 11.1 Å². The Morgan fingerprint density at radius 1 is 1.29 bits per heavy atom. The quantitative estimate of drug-likeness (QED) is 0.851. The monoisotopic (exact) mass is 306 g/mol. The van der Waals surface area contributed by atoms with Crippen molar-refractivity contribution in [2.75, 3.05) is 12.3 Å². The Morgan fingerprint density at radius 3 is 2.71 bits per heavy atom. The Bertz CT molecular complexity index is 673. The number of benzene rings is 2. The summed E-state index contributed by atoms with van der Waals surface area (Å²) in [7, 11) is 0. The first kappa shape index (κ1) is 15.3. The molecule has 0 aliphatic heterocycles. The predicted molar refractivity (Wildman–Crippen MR) is 83.0 cm³/mol. The third kappa shape index (κ3) is 3.95. The smallest absolute Gasteiger partial charge is 0.251 e. The molecule has 2 rings (SSSR count). The number of carbonyl (C=O) groups excluding carboxylic acids is 1. The van der Waals surface area contributed by atoms with Crippen molar-refractivity contribution in [2.24, 2.45) is 0 Å². The molecule has 2 aromatic carbocycles. The average Bonchev–Trinajstić information content (AvgIpc) is 2.44. The molecule has 5 heteroatoms. The molecule has 0 spiro atoms. The zero-order valence-electron chi connectivity index (χ0n) is 11.6. The molecule has 0 bridgehead atoms. The van der Waals surface area contributed by atoms with Gasteiger partial charge in [-0.15, -0.1) is 0 Å². The minimum absolute atomic E-state index is 0.211. The van der Waals surface area contributed by atoms with Gasteiger partial charge in [0.2, 0.25) is 0 Å². The number of carbonyl (C=O) groups is 1. The standard InChI is InChI=1S/C16H16ClFN2O/c1-10-8-13(18)4-2-11(10)6-7-20-16(21)12-3-5-15(19)14(17)9-12/h2-5,8-9H,6-7,19H2,1H3,(H,20,21). The molecule has 3 N–H and O–H groups in total. The number of hydrogen-bond acceptors (Lipinski definition) is 2. The van der Waals surface area contributed by atoms with Crippen LogP contribution in [0, 0.1) is 12.7 Å². The van der Waals surface area contributed by atoms with E-state index < -0.39 is 0 Å². The molecule has 0 heterocycles. The zero-order valence-corrected chi connectivity index (χ0v) is 12.4. The molecular weight excluding hydrogens is 291 g/mol. The van der Waals surface area contributed by atoms with Crippen molar-refractivity contribution in [2.45, 2.75) is 13.3 Å². The van der Waals surface area contributed by atoms with E-state index in [9.17, 15) is 9.18 Å². The van der Waals surface area contributed by atoms with Crippen LogP contribution in [0.1, 0.15) is 21.5 Å². The lowest BCUT2D eigenvalue weighted by Crippen LogP contribution is -2.25. The van der Waals surface area contributed by atoms with Crippen LogP contribution in [0.25, 0.3) is 0 Å². The molecule has 0 unspecified atom stereocenters. The van der Waals surface area contributed by atoms with Crippen molar-refractivity contribution in [1.82, 2.24) is 5.32 Å². The number of aryl methyl sites for hydroxylation is 1. The molecule has 1 amide bonds. The molecule has 3 nitrogen and oxygen atoms in total. The average molecular weight is 307 g/mol. The Balaban J connectivity index is 1.93. The van der Waals surface area contributed by atoms with Crippen LogP contribution in [0.3, 0.4) is 0 Å². The summed E-state index contributed by atoms with van der Waals surface area (Å²) in [5.41, 5.74) is 8.38. The zero-order chi connectivity index (χ0) is 15.4. The molecule has 0 aliphatic rings. The van der Waals surface area contributed by atoms with Crippen LogP contribution in [0.2, 0.25) is 5.02 Å². The van der Waals surface area contributed by atoms with Gasteiger partial charge in [-0.2, -0.15) is 0 Å². The maximum atomic E-state index is 13.0. The van der Waals surface area contributed by atoms with Gasteiger partial charge in [-0.05, 0) is 54.8 Å². The maximum absolute atomic E-state index is 13.0. The van der Waals surface area contributed by atoms with Crippen molar-refractivity contribution in [1.29, 1.82) is 0 Å². The SMILES string of the molecule is Cc1cc(F)ccc1CCNC(=O)c1ccc(N)c(Cl)c1. The molecule has 0 atom stereocenters. The van der Waals surface area contributed by atoms with Crippen LogP contribution < -0.4 is 11.1 Å². The van der Waals surface area contributed by atoms with E-state index in [1.165, 1.54) is 18.2 Å². The van der Waals surface area contributed by atoms with Crippen LogP contribution in [-0.4, -0.2) is 12.5 Å². The molecule has 21 heavy (non-hydrogen) atoms. The number of nitrogens with two attached hydrogens (primary N) is 1. The van der Waals surface area contributed by atoms with Gasteiger partial charge in [0, 0.05) is 12.1 Å². The summed E-state index contributed by atoms with van der Waals surface area (Å²) < 4.78 is 13.0. The number of rotatable bonds is 4. The number of nitrogen functional groups attached to an aromatic ring is 1. The van der Waals surface area contributed by atoms with Gasteiger partial charge in [0.25, 0.3) is 5.91 Å². The van der Waals surface area contributed by atoms with Crippen molar-refractivity contribution in [3.05, 3.63) is 63.9 Å². The Kier molecular flexibility index (Phi) is 4.81. The van der Waals surface area contributed by atoms with Crippen molar-refractivity contribution in [3.63, 3.8) is 0 Å². The fourth-order valence-electron chi connectivity index (χ4n) is 2.02. The lowest BCUT2D eigenvalue weighted by atomic mass is 10.1. The van der Waals surface area contributed by atoms with Crippen LogP contribution >= 0.6 is 11.6 Å². The van der Waals surface area contributed by atoms with Crippen molar-refractivity contribution < 1.29 is 9.18 Å². The van der Waals surface area contributed by atoms with Gasteiger partial charge in [0.05, 0.1) is 10.7 Å². The first-order valence-electron chi connectivity index (χ1n) is 6.55. The lowest BCUT2D eigenvalue weighted by Gasteiger charge is -2.08. The van der Waals surface area contributed by atoms with E-state index in [0.717, 1.165) is 11.1 Å². The van der Waals surface area contributed by atoms with E-state index in [1.807, 2.05) is 6.92 Å². The van der Waals surface area contributed by atoms with E-state index in [0.29, 0.717) is 29.2 Å². The summed E-state index contributed by atoms with van der Waals surface area (Å²) in [4.78, 5) is 12.0. The minimum Gasteiger partial charge on any atom is -0.398 e. The summed E-state index contributed by atoms with van der Waals surface area (Å²) in [5, 5.41) is 3.16. The second-order valence-electron chi connectivity index (χ2n) is 4.81. The normalized spacial score (nSPS) is 10.4. The van der Waals surface area contributed by atoms with Gasteiger partial charge in [-0.25, -0.2) is 4.39 Å². The topological polar surface area (TPSA) is 55.1 Å². The molecule has 0 saturated carbocycles. The number of hydrogen-bond donors (Lipinski definition) is 2. The van der Waals surface area contributed by atoms with Crippen LogP contribution in [0.5, 0.6) is 0 Å². The Labute approximate surface area is 127 Å². The molecule has 110 valence electrons. The Morgan fingerprint density at radius 2 is 2.05 bits per heavy atom. The Hall–Kier alpha value is -2.07. The van der Waals surface area contributed by atoms with Gasteiger partial charge >= 0.3 is 0 Å². The number of amides is 1. The van der Waals surface area contributed by atoms with E-state index in [1.54, 1.807) is 18.2 Å². The van der Waals surface area contributed by atoms with E-state index in [-0.39, 0.29) is 11.7 Å². The van der Waals surface area contributed by atoms with Crippen molar-refractivity contribution >= 4 is 23.2 Å². The molecule has 0 radical (unpaired) electrons. The minimum atomic E-state index is -0.253. The van der Waals surface area contributed by atoms with Crippen LogP contribution in [0.15, 0.2) is 36.4 Å². The highest BCUT2D eigenvalue weighted by Gasteiger charge is 2.07. The second-order valence-corrected chi connectivity index (χ2v) is 5.22. The maximum Gasteiger partial charge on any atom is 0.251 e. The summed E-state index contributed by atoms with van der Waals surface area (Å²) >= 11 is 5.88. The largest absolute Gasteiger partial charge is 0.398 e. The van der Waals surface area contributed by atoms with Crippen LogP contribution in [0.4, 0.5) is 10.1 Å². The summed E-state index contributed by atoms with van der Waals surface area (Å²) in [6.45, 7) is 2.31. The first-order valence-corrected chi connectivity index (χ1v) is 6.93. The fraction of sp³-hybridized carbons (Fsp3) is 0.188. The molecule has 0 fully saturated rings. The number of anilines is 1. The molecule has 2 aromatic rings. The molecule has 0 aromatic heterocycles. The second kappa shape index (κ2) is 6.59. The lowest BCUT2D eigenvalue weighted by molar-refractivity contribution is 0.0954. The highest BCUT2D eigenvalue weighted by Crippen LogP contribution is 2.19. The summed E-state index contributed by atoms with van der Waals surface area (Å²) in [6.07, 6.45) is 0.639. The first-order chi connectivity index (χ1) is 9.97. The third-order valence-corrected chi connectivity index (χ3v) is 3.57. The summed E-state index contributed by atoms with van der Waals surface area (Å²) in [5.74, 6) is -0.464. The predicted octanol–water partition coefficient (Wildman–Crippen LogP) is 3.34. The van der Waals surface area contributed by atoms with Crippen LogP contribution in [-0.2, 0) is 6.42 Å². The van der Waals surface area contributed by atoms with Gasteiger partial charge in [0.15, 0.2) is 0 Å². The van der Waals surface area contributed by atoms with E-state index in [4.69, 9.17) is 17.3 Å². The van der Waals surface area contributed by atoms with Crippen molar-refractivity contribution in [3.8, 4) is 0 Å². The van der Waals surface area contributed by atoms with Gasteiger partial charge in [-0.1, -0.05) is 17.7 Å². The van der Waals surface area contributed by atoms with E-state index >= 15 is 0 Å². The summed E-state index contributed by atoms with van der Waals surface area (Å²) in [6, 6.07) is 9.40. The highest BCUT2D eigenvalue weighted by molar-refractivity contribution is 6.33. The van der Waals surface area contributed by atoms with E-state index in [2.05, 4.69) is 5.32 Å². The van der Waals surface area contributed by atoms with Gasteiger partial charge in [0.1, 0.15) is 5.82 Å². The number of nitrogens with one attached hydrogen (secondary N) is 1. The van der Waals surface area contributed by atoms with Gasteiger partial charge in [-0.3, -0.25) is 4.79 Å². The number of halogens is 2. The third-order valence-electron chi connectivity index (χ3n) is 3.25.